The number of hydrazone groups is 1. The summed E-state index contributed by atoms with van der Waals surface area (Å²) in [6, 6.07) is 18.1. The zero-order valence-electron chi connectivity index (χ0n) is 12.7. The van der Waals surface area contributed by atoms with Gasteiger partial charge in [0, 0.05) is 17.7 Å². The standard InChI is InChI=1S/C18H14N4O2/c23-22(24)17-10-4-2-7-15(17)8-5-13-19-21-18-12-11-14-6-1-3-9-16(14)20-18/h1-13H,(H,20,21)/b8-5+,19-13+. The van der Waals surface area contributed by atoms with Gasteiger partial charge >= 0.3 is 0 Å². The molecule has 6 heteroatoms. The molecule has 0 aliphatic carbocycles. The number of allylic oxidation sites excluding steroid dienone is 1. The number of anilines is 1. The number of rotatable bonds is 5. The summed E-state index contributed by atoms with van der Waals surface area (Å²) in [5, 5.41) is 16.0. The molecule has 0 radical (unpaired) electrons. The molecule has 24 heavy (non-hydrogen) atoms. The van der Waals surface area contributed by atoms with E-state index in [0.29, 0.717) is 11.4 Å². The average molecular weight is 318 g/mol. The first-order chi connectivity index (χ1) is 11.7. The van der Waals surface area contributed by atoms with E-state index in [1.807, 2.05) is 36.4 Å². The van der Waals surface area contributed by atoms with Crippen LogP contribution in [0, 0.1) is 10.1 Å². The van der Waals surface area contributed by atoms with E-state index < -0.39 is 4.92 Å². The third-order valence-electron chi connectivity index (χ3n) is 3.35. The topological polar surface area (TPSA) is 80.4 Å². The molecule has 1 heterocycles. The van der Waals surface area contributed by atoms with Gasteiger partial charge in [0.1, 0.15) is 5.82 Å². The van der Waals surface area contributed by atoms with Gasteiger partial charge in [0.2, 0.25) is 0 Å². The van der Waals surface area contributed by atoms with Crippen molar-refractivity contribution in [3.8, 4) is 0 Å². The van der Waals surface area contributed by atoms with Crippen LogP contribution in [0.25, 0.3) is 17.0 Å². The fourth-order valence-corrected chi connectivity index (χ4v) is 2.22. The summed E-state index contributed by atoms with van der Waals surface area (Å²) in [5.74, 6) is 0.629. The van der Waals surface area contributed by atoms with E-state index in [2.05, 4.69) is 15.5 Å². The molecule has 0 saturated carbocycles. The highest BCUT2D eigenvalue weighted by Gasteiger charge is 2.08. The third kappa shape index (κ3) is 3.61. The van der Waals surface area contributed by atoms with Gasteiger partial charge in [-0.25, -0.2) is 4.98 Å². The lowest BCUT2D eigenvalue weighted by Crippen LogP contribution is -1.92. The summed E-state index contributed by atoms with van der Waals surface area (Å²) in [5.41, 5.74) is 4.30. The van der Waals surface area contributed by atoms with Gasteiger partial charge in [-0.05, 0) is 36.4 Å². The first kappa shape index (κ1) is 15.4. The normalized spacial score (nSPS) is 11.3. The number of nitrogens with one attached hydrogen (secondary N) is 1. The van der Waals surface area contributed by atoms with Crippen LogP contribution in [0.1, 0.15) is 5.56 Å². The second kappa shape index (κ2) is 7.15. The van der Waals surface area contributed by atoms with Gasteiger partial charge in [0.25, 0.3) is 5.69 Å². The van der Waals surface area contributed by atoms with E-state index in [1.165, 1.54) is 12.3 Å². The predicted octanol–water partition coefficient (Wildman–Crippen LogP) is 4.25. The quantitative estimate of drug-likeness (QED) is 0.433. The molecule has 0 aliphatic heterocycles. The lowest BCUT2D eigenvalue weighted by Gasteiger charge is -2.01. The smallest absolute Gasteiger partial charge is 0.261 e. The fraction of sp³-hybridized carbons (Fsp3) is 0. The molecule has 118 valence electrons. The van der Waals surface area contributed by atoms with Crippen molar-refractivity contribution in [1.29, 1.82) is 0 Å². The number of benzene rings is 2. The molecule has 1 N–H and O–H groups in total. The van der Waals surface area contributed by atoms with Crippen LogP contribution in [-0.4, -0.2) is 16.1 Å². The van der Waals surface area contributed by atoms with Crippen molar-refractivity contribution in [1.82, 2.24) is 4.98 Å². The molecule has 1 aromatic heterocycles. The first-order valence-electron chi connectivity index (χ1n) is 7.29. The number of hydrogen-bond donors (Lipinski definition) is 1. The highest BCUT2D eigenvalue weighted by atomic mass is 16.6. The third-order valence-corrected chi connectivity index (χ3v) is 3.35. The molecule has 3 rings (SSSR count). The Morgan fingerprint density at radius 3 is 2.71 bits per heavy atom. The van der Waals surface area contributed by atoms with Gasteiger partial charge in [0.05, 0.1) is 16.0 Å². The number of pyridine rings is 1. The molecule has 0 amide bonds. The summed E-state index contributed by atoms with van der Waals surface area (Å²) >= 11 is 0. The molecule has 0 bridgehead atoms. The molecule has 0 aliphatic rings. The number of nitro groups is 1. The van der Waals surface area contributed by atoms with Crippen LogP contribution in [0.5, 0.6) is 0 Å². The predicted molar refractivity (Wildman–Crippen MR) is 96.0 cm³/mol. The van der Waals surface area contributed by atoms with Crippen molar-refractivity contribution in [2.75, 3.05) is 5.43 Å². The van der Waals surface area contributed by atoms with Gasteiger partial charge in [-0.3, -0.25) is 15.5 Å². The molecular formula is C18H14N4O2. The molecule has 0 saturated heterocycles. The number of aromatic nitrogens is 1. The minimum atomic E-state index is -0.409. The van der Waals surface area contributed by atoms with Gasteiger partial charge < -0.3 is 0 Å². The van der Waals surface area contributed by atoms with E-state index in [4.69, 9.17) is 0 Å². The number of hydrogen-bond acceptors (Lipinski definition) is 5. The molecule has 0 fully saturated rings. The van der Waals surface area contributed by atoms with Crippen molar-refractivity contribution in [3.05, 3.63) is 82.4 Å². The average Bonchev–Trinajstić information content (AvgIpc) is 2.61. The minimum absolute atomic E-state index is 0.0614. The van der Waals surface area contributed by atoms with Crippen molar-refractivity contribution < 1.29 is 4.92 Å². The minimum Gasteiger partial charge on any atom is -0.261 e. The van der Waals surface area contributed by atoms with Gasteiger partial charge in [-0.15, -0.1) is 0 Å². The fourth-order valence-electron chi connectivity index (χ4n) is 2.22. The molecule has 2 aromatic carbocycles. The van der Waals surface area contributed by atoms with Crippen molar-refractivity contribution in [2.24, 2.45) is 5.10 Å². The number of nitrogens with zero attached hydrogens (tertiary/aromatic N) is 3. The zero-order valence-corrected chi connectivity index (χ0v) is 12.7. The highest BCUT2D eigenvalue weighted by Crippen LogP contribution is 2.18. The summed E-state index contributed by atoms with van der Waals surface area (Å²) in [4.78, 5) is 14.9. The van der Waals surface area contributed by atoms with E-state index in [-0.39, 0.29) is 5.69 Å². The monoisotopic (exact) mass is 318 g/mol. The van der Waals surface area contributed by atoms with Crippen LogP contribution in [-0.2, 0) is 0 Å². The van der Waals surface area contributed by atoms with E-state index in [1.54, 1.807) is 30.4 Å². The van der Waals surface area contributed by atoms with E-state index >= 15 is 0 Å². The summed E-state index contributed by atoms with van der Waals surface area (Å²) in [6.45, 7) is 0. The Morgan fingerprint density at radius 1 is 1.04 bits per heavy atom. The van der Waals surface area contributed by atoms with Gasteiger partial charge in [-0.2, -0.15) is 5.10 Å². The maximum absolute atomic E-state index is 10.9. The molecular weight excluding hydrogens is 304 g/mol. The van der Waals surface area contributed by atoms with Crippen molar-refractivity contribution >= 4 is 34.7 Å². The Bertz CT molecular complexity index is 935. The Labute approximate surface area is 138 Å². The van der Waals surface area contributed by atoms with Gasteiger partial charge in [0.15, 0.2) is 0 Å². The first-order valence-corrected chi connectivity index (χ1v) is 7.29. The Balaban J connectivity index is 1.67. The zero-order chi connectivity index (χ0) is 16.8. The maximum Gasteiger partial charge on any atom is 0.276 e. The van der Waals surface area contributed by atoms with Crippen LogP contribution in [0.2, 0.25) is 0 Å². The second-order valence-electron chi connectivity index (χ2n) is 4.95. The highest BCUT2D eigenvalue weighted by molar-refractivity contribution is 5.81. The Kier molecular flexibility index (Phi) is 4.57. The van der Waals surface area contributed by atoms with Crippen molar-refractivity contribution in [3.63, 3.8) is 0 Å². The van der Waals surface area contributed by atoms with Gasteiger partial charge in [-0.1, -0.05) is 30.3 Å². The molecule has 0 unspecified atom stereocenters. The summed E-state index contributed by atoms with van der Waals surface area (Å²) in [6.07, 6.45) is 4.79. The van der Waals surface area contributed by atoms with Crippen LogP contribution in [0.3, 0.4) is 0 Å². The largest absolute Gasteiger partial charge is 0.276 e. The van der Waals surface area contributed by atoms with Crippen LogP contribution in [0.15, 0.2) is 71.8 Å². The van der Waals surface area contributed by atoms with E-state index in [0.717, 1.165) is 10.9 Å². The number of nitro benzene ring substituents is 1. The van der Waals surface area contributed by atoms with Crippen LogP contribution in [0.4, 0.5) is 11.5 Å². The SMILES string of the molecule is O=[N+]([O-])c1ccccc1/C=C/C=N/Nc1ccc2ccccc2n1. The summed E-state index contributed by atoms with van der Waals surface area (Å²) in [7, 11) is 0. The van der Waals surface area contributed by atoms with E-state index in [9.17, 15) is 10.1 Å². The lowest BCUT2D eigenvalue weighted by molar-refractivity contribution is -0.385. The number of para-hydroxylation sites is 2. The van der Waals surface area contributed by atoms with Crippen molar-refractivity contribution in [2.45, 2.75) is 0 Å². The van der Waals surface area contributed by atoms with Crippen LogP contribution < -0.4 is 5.43 Å². The summed E-state index contributed by atoms with van der Waals surface area (Å²) < 4.78 is 0. The maximum atomic E-state index is 10.9. The van der Waals surface area contributed by atoms with Crippen LogP contribution >= 0.6 is 0 Å². The molecule has 3 aromatic rings. The Hall–Kier alpha value is -3.54. The second-order valence-corrected chi connectivity index (χ2v) is 4.95. The molecule has 0 spiro atoms. The lowest BCUT2D eigenvalue weighted by atomic mass is 10.2. The number of fused-ring (bicyclic) bond motifs is 1. The molecule has 6 nitrogen and oxygen atoms in total. The Morgan fingerprint density at radius 2 is 1.83 bits per heavy atom. The molecule has 0 atom stereocenters.